The maximum Gasteiger partial charge on any atom is 0.408 e. The van der Waals surface area contributed by atoms with E-state index in [2.05, 4.69) is 5.32 Å². The van der Waals surface area contributed by atoms with Crippen LogP contribution in [0.1, 0.15) is 24.8 Å². The number of alkyl carbamates (subject to hydrolysis) is 1. The summed E-state index contributed by atoms with van der Waals surface area (Å²) in [6, 6.07) is 8.03. The molecule has 1 aliphatic rings. The van der Waals surface area contributed by atoms with Crippen LogP contribution < -0.4 is 5.32 Å². The number of nitrogens with one attached hydrogen (secondary N) is 1. The molecule has 2 aromatic rings. The Morgan fingerprint density at radius 2 is 1.77 bits per heavy atom. The number of nitro groups is 2. The first-order valence-electron chi connectivity index (χ1n) is 11.7. The molecular weight excluding hydrogens is 540 g/mol. The fourth-order valence-electron chi connectivity index (χ4n) is 3.95. The summed E-state index contributed by atoms with van der Waals surface area (Å²) in [6.45, 7) is -0.865. The fraction of sp³-hybridized carbons (Fsp3) is 0.391. The predicted molar refractivity (Wildman–Crippen MR) is 133 cm³/mol. The highest BCUT2D eigenvalue weighted by molar-refractivity contribution is 7.89. The summed E-state index contributed by atoms with van der Waals surface area (Å²) in [5.41, 5.74) is -0.251. The van der Waals surface area contributed by atoms with Crippen molar-refractivity contribution in [2.75, 3.05) is 19.8 Å². The number of carboxylic acids is 1. The number of hydrogen-bond acceptors (Lipinski definition) is 10. The van der Waals surface area contributed by atoms with Crippen LogP contribution in [0.25, 0.3) is 0 Å². The molecule has 1 aliphatic heterocycles. The maximum absolute atomic E-state index is 13.3. The van der Waals surface area contributed by atoms with Crippen LogP contribution in [-0.4, -0.2) is 71.6 Å². The zero-order valence-corrected chi connectivity index (χ0v) is 21.3. The van der Waals surface area contributed by atoms with E-state index in [9.17, 15) is 43.3 Å². The van der Waals surface area contributed by atoms with Crippen molar-refractivity contribution in [3.63, 3.8) is 0 Å². The lowest BCUT2D eigenvalue weighted by atomic mass is 10.1. The molecule has 2 N–H and O–H groups in total. The first-order valence-corrected chi connectivity index (χ1v) is 13.2. The minimum Gasteiger partial charge on any atom is -0.480 e. The number of carbonyl (C=O) groups excluding carboxylic acids is 1. The summed E-state index contributed by atoms with van der Waals surface area (Å²) in [5.74, 6) is -1.42. The van der Waals surface area contributed by atoms with Crippen LogP contribution in [0.3, 0.4) is 0 Å². The molecule has 0 aromatic heterocycles. The molecule has 1 saturated heterocycles. The number of carbonyl (C=O) groups is 2. The van der Waals surface area contributed by atoms with Crippen LogP contribution in [-0.2, 0) is 30.9 Å². The number of amides is 1. The normalized spacial score (nSPS) is 16.7. The number of ether oxygens (including phenoxy) is 2. The molecule has 3 rings (SSSR count). The number of aliphatic carboxylic acids is 1. The SMILES string of the molecule is O=C(N[C@H](COC[C@@H]1CCCCN1S(=O)(=O)c1ccccc1[N+](=O)[O-])C(=O)O)OCc1ccc([N+](=O)[O-])cc1. The van der Waals surface area contributed by atoms with Crippen molar-refractivity contribution in [1.82, 2.24) is 9.62 Å². The molecule has 1 fully saturated rings. The standard InChI is InChI=1S/C23H26N4O11S/c28-22(29)19(24-23(30)38-13-16-8-10-17(11-9-16)26(31)32)15-37-14-18-5-3-4-12-25(18)39(35,36)21-7-2-1-6-20(21)27(33)34/h1-2,6-11,18-19H,3-5,12-15H2,(H,24,30)(H,28,29)/t18-,19+/m0/s1. The Morgan fingerprint density at radius 3 is 2.41 bits per heavy atom. The van der Waals surface area contributed by atoms with Crippen LogP contribution >= 0.6 is 0 Å². The van der Waals surface area contributed by atoms with Crippen LogP contribution in [0.4, 0.5) is 16.2 Å². The van der Waals surface area contributed by atoms with E-state index in [1.165, 1.54) is 36.4 Å². The van der Waals surface area contributed by atoms with Crippen molar-refractivity contribution < 1.29 is 42.4 Å². The summed E-state index contributed by atoms with van der Waals surface area (Å²) >= 11 is 0. The number of hydrogen-bond donors (Lipinski definition) is 2. The minimum atomic E-state index is -4.25. The molecule has 1 heterocycles. The van der Waals surface area contributed by atoms with Crippen LogP contribution in [0, 0.1) is 20.2 Å². The van der Waals surface area contributed by atoms with Gasteiger partial charge in [-0.2, -0.15) is 4.31 Å². The van der Waals surface area contributed by atoms with Gasteiger partial charge < -0.3 is 19.9 Å². The van der Waals surface area contributed by atoms with Gasteiger partial charge in [-0.3, -0.25) is 20.2 Å². The first-order chi connectivity index (χ1) is 18.5. The summed E-state index contributed by atoms with van der Waals surface area (Å²) in [4.78, 5) is 44.0. The number of para-hydroxylation sites is 1. The third kappa shape index (κ3) is 7.68. The summed E-state index contributed by atoms with van der Waals surface area (Å²) in [7, 11) is -4.25. The molecule has 0 bridgehead atoms. The van der Waals surface area contributed by atoms with E-state index >= 15 is 0 Å². The molecular formula is C23H26N4O11S. The quantitative estimate of drug-likeness (QED) is 0.281. The molecule has 1 amide bonds. The van der Waals surface area contributed by atoms with Crippen molar-refractivity contribution in [2.45, 2.75) is 42.8 Å². The summed E-state index contributed by atoms with van der Waals surface area (Å²) in [5, 5.41) is 33.7. The van der Waals surface area contributed by atoms with E-state index in [0.717, 1.165) is 16.4 Å². The molecule has 0 spiro atoms. The van der Waals surface area contributed by atoms with E-state index in [1.54, 1.807) is 0 Å². The predicted octanol–water partition coefficient (Wildman–Crippen LogP) is 2.44. The molecule has 210 valence electrons. The van der Waals surface area contributed by atoms with Gasteiger partial charge in [0, 0.05) is 30.8 Å². The van der Waals surface area contributed by atoms with Gasteiger partial charge in [0.2, 0.25) is 10.0 Å². The number of sulfonamides is 1. The number of nitro benzene ring substituents is 2. The third-order valence-electron chi connectivity index (χ3n) is 5.92. The summed E-state index contributed by atoms with van der Waals surface area (Å²) in [6.07, 6.45) is 0.535. The van der Waals surface area contributed by atoms with Gasteiger partial charge in [0.05, 0.1) is 23.1 Å². The molecule has 2 atom stereocenters. The van der Waals surface area contributed by atoms with Gasteiger partial charge in [-0.05, 0) is 36.6 Å². The monoisotopic (exact) mass is 566 g/mol. The van der Waals surface area contributed by atoms with Crippen LogP contribution in [0.5, 0.6) is 0 Å². The average molecular weight is 567 g/mol. The van der Waals surface area contributed by atoms with Gasteiger partial charge in [0.1, 0.15) is 6.61 Å². The molecule has 0 saturated carbocycles. The Bertz CT molecular complexity index is 1320. The van der Waals surface area contributed by atoms with Gasteiger partial charge in [0.15, 0.2) is 10.9 Å². The minimum absolute atomic E-state index is 0.109. The van der Waals surface area contributed by atoms with E-state index < -0.39 is 61.2 Å². The van der Waals surface area contributed by atoms with E-state index in [4.69, 9.17) is 9.47 Å². The molecule has 15 nitrogen and oxygen atoms in total. The Labute approximate surface area is 222 Å². The number of rotatable bonds is 12. The van der Waals surface area contributed by atoms with Gasteiger partial charge in [-0.1, -0.05) is 18.6 Å². The van der Waals surface area contributed by atoms with Crippen molar-refractivity contribution >= 4 is 33.5 Å². The third-order valence-corrected chi connectivity index (χ3v) is 7.92. The van der Waals surface area contributed by atoms with Gasteiger partial charge in [-0.25, -0.2) is 18.0 Å². The molecule has 0 aliphatic carbocycles. The Kier molecular flexibility index (Phi) is 9.86. The van der Waals surface area contributed by atoms with Gasteiger partial charge >= 0.3 is 12.1 Å². The summed E-state index contributed by atoms with van der Waals surface area (Å²) < 4.78 is 38.1. The average Bonchev–Trinajstić information content (AvgIpc) is 2.91. The van der Waals surface area contributed by atoms with E-state index in [1.807, 2.05) is 0 Å². The lowest BCUT2D eigenvalue weighted by molar-refractivity contribution is -0.387. The number of piperidine rings is 1. The molecule has 39 heavy (non-hydrogen) atoms. The zero-order valence-electron chi connectivity index (χ0n) is 20.5. The van der Waals surface area contributed by atoms with Crippen LogP contribution in [0.2, 0.25) is 0 Å². The Morgan fingerprint density at radius 1 is 1.08 bits per heavy atom. The topological polar surface area (TPSA) is 209 Å². The van der Waals surface area contributed by atoms with Crippen LogP contribution in [0.15, 0.2) is 53.4 Å². The number of nitrogens with zero attached hydrogens (tertiary/aromatic N) is 3. The lowest BCUT2D eigenvalue weighted by Crippen LogP contribution is -2.48. The van der Waals surface area contributed by atoms with Crippen molar-refractivity contribution in [1.29, 1.82) is 0 Å². The highest BCUT2D eigenvalue weighted by Gasteiger charge is 2.37. The number of non-ortho nitro benzene ring substituents is 1. The first kappa shape index (κ1) is 29.4. The Balaban J connectivity index is 1.58. The maximum atomic E-state index is 13.3. The fourth-order valence-corrected chi connectivity index (χ4v) is 5.79. The molecule has 0 unspecified atom stereocenters. The van der Waals surface area contributed by atoms with Gasteiger partial charge in [-0.15, -0.1) is 0 Å². The van der Waals surface area contributed by atoms with Gasteiger partial charge in [0.25, 0.3) is 11.4 Å². The highest BCUT2D eigenvalue weighted by Crippen LogP contribution is 2.30. The molecule has 2 aromatic carbocycles. The van der Waals surface area contributed by atoms with Crippen molar-refractivity contribution in [3.8, 4) is 0 Å². The van der Waals surface area contributed by atoms with E-state index in [-0.39, 0.29) is 25.4 Å². The number of benzene rings is 2. The van der Waals surface area contributed by atoms with E-state index in [0.29, 0.717) is 24.8 Å². The van der Waals surface area contributed by atoms with Crippen molar-refractivity contribution in [3.05, 3.63) is 74.3 Å². The second-order valence-corrected chi connectivity index (χ2v) is 10.4. The number of carboxylic acid groups (broad SMARTS) is 1. The smallest absolute Gasteiger partial charge is 0.408 e. The van der Waals surface area contributed by atoms with Crippen molar-refractivity contribution in [2.24, 2.45) is 0 Å². The molecule has 0 radical (unpaired) electrons. The lowest BCUT2D eigenvalue weighted by Gasteiger charge is -2.34. The molecule has 16 heteroatoms. The Hall–Kier alpha value is -4.15. The second-order valence-electron chi connectivity index (χ2n) is 8.56. The largest absolute Gasteiger partial charge is 0.480 e. The highest BCUT2D eigenvalue weighted by atomic mass is 32.2. The second kappa shape index (κ2) is 13.1. The zero-order chi connectivity index (χ0) is 28.6.